The molecule has 1 unspecified atom stereocenters. The smallest absolute Gasteiger partial charge is 0.243 e. The molecule has 1 aromatic rings. The third-order valence-corrected chi connectivity index (χ3v) is 4.49. The molecular weight excluding hydrogens is 254 g/mol. The molecule has 2 rings (SSSR count). The molecule has 114 valence electrons. The number of rotatable bonds is 6. The summed E-state index contributed by atoms with van der Waals surface area (Å²) in [5.41, 5.74) is 6.01. The van der Waals surface area contributed by atoms with Gasteiger partial charge in [-0.25, -0.2) is 0 Å². The number of hydrogen-bond donors (Lipinski definition) is 1. The minimum absolute atomic E-state index is 0.219. The molecule has 1 heterocycles. The zero-order chi connectivity index (χ0) is 14.5. The Kier molecular flexibility index (Phi) is 5.54. The van der Waals surface area contributed by atoms with Crippen molar-refractivity contribution in [3.8, 4) is 0 Å². The lowest BCUT2D eigenvalue weighted by atomic mass is 9.77. The van der Waals surface area contributed by atoms with Gasteiger partial charge in [-0.1, -0.05) is 19.0 Å². The van der Waals surface area contributed by atoms with Crippen molar-refractivity contribution in [2.24, 2.45) is 17.6 Å². The molecule has 20 heavy (non-hydrogen) atoms. The second kappa shape index (κ2) is 7.18. The number of nitrogens with zero attached hydrogens (tertiary/aromatic N) is 2. The van der Waals surface area contributed by atoms with Gasteiger partial charge in [0.1, 0.15) is 0 Å². The molecule has 0 aliphatic heterocycles. The van der Waals surface area contributed by atoms with Gasteiger partial charge in [-0.2, -0.15) is 4.98 Å². The van der Waals surface area contributed by atoms with Crippen LogP contribution in [0.2, 0.25) is 0 Å². The summed E-state index contributed by atoms with van der Waals surface area (Å²) in [7, 11) is 1.67. The molecule has 0 aromatic carbocycles. The zero-order valence-electron chi connectivity index (χ0n) is 12.8. The number of aromatic nitrogens is 2. The highest BCUT2D eigenvalue weighted by atomic mass is 16.5. The molecule has 1 fully saturated rings. The van der Waals surface area contributed by atoms with Crippen LogP contribution in [-0.4, -0.2) is 23.9 Å². The summed E-state index contributed by atoms with van der Waals surface area (Å²) in [6, 6.07) is -0.219. The minimum Gasteiger partial charge on any atom is -0.385 e. The zero-order valence-corrected chi connectivity index (χ0v) is 12.8. The summed E-state index contributed by atoms with van der Waals surface area (Å²) < 4.78 is 10.3. The summed E-state index contributed by atoms with van der Waals surface area (Å²) in [4.78, 5) is 4.50. The highest BCUT2D eigenvalue weighted by Gasteiger charge is 2.27. The largest absolute Gasteiger partial charge is 0.385 e. The average molecular weight is 281 g/mol. The van der Waals surface area contributed by atoms with Crippen molar-refractivity contribution < 1.29 is 9.26 Å². The van der Waals surface area contributed by atoms with Crippen LogP contribution in [0.25, 0.3) is 0 Å². The maximum atomic E-state index is 6.01. The summed E-state index contributed by atoms with van der Waals surface area (Å²) in [5.74, 6) is 3.45. The maximum absolute atomic E-state index is 6.01. The fourth-order valence-electron chi connectivity index (χ4n) is 2.98. The predicted octanol–water partition coefficient (Wildman–Crippen LogP) is 3.04. The van der Waals surface area contributed by atoms with Crippen LogP contribution >= 0.6 is 0 Å². The molecule has 2 N–H and O–H groups in total. The molecule has 0 bridgehead atoms. The number of methoxy groups -OCH3 is 1. The van der Waals surface area contributed by atoms with Gasteiger partial charge in [-0.15, -0.1) is 0 Å². The first-order valence-electron chi connectivity index (χ1n) is 7.69. The fraction of sp³-hybridized carbons (Fsp3) is 0.867. The van der Waals surface area contributed by atoms with Crippen molar-refractivity contribution in [1.82, 2.24) is 10.1 Å². The fourth-order valence-corrected chi connectivity index (χ4v) is 2.98. The van der Waals surface area contributed by atoms with Crippen LogP contribution in [0.15, 0.2) is 4.52 Å². The molecule has 5 heteroatoms. The SMILES string of the molecule is COCCC(N)c1nc(C2CCC(C(C)C)CC2)no1. The third-order valence-electron chi connectivity index (χ3n) is 4.49. The predicted molar refractivity (Wildman–Crippen MR) is 77.3 cm³/mol. The Morgan fingerprint density at radius 2 is 2.00 bits per heavy atom. The van der Waals surface area contributed by atoms with Gasteiger partial charge in [0.05, 0.1) is 6.04 Å². The monoisotopic (exact) mass is 281 g/mol. The van der Waals surface area contributed by atoms with Crippen LogP contribution in [0, 0.1) is 11.8 Å². The second-order valence-corrected chi connectivity index (χ2v) is 6.23. The molecule has 1 atom stereocenters. The van der Waals surface area contributed by atoms with Crippen LogP contribution in [0.1, 0.15) is 69.6 Å². The minimum atomic E-state index is -0.219. The van der Waals surface area contributed by atoms with E-state index in [1.807, 2.05) is 0 Å². The summed E-state index contributed by atoms with van der Waals surface area (Å²) in [5, 5.41) is 4.13. The van der Waals surface area contributed by atoms with Gasteiger partial charge in [0.25, 0.3) is 0 Å². The normalized spacial score (nSPS) is 25.1. The standard InChI is InChI=1S/C15H27N3O2/c1-10(2)11-4-6-12(7-5-11)14-17-15(20-18-14)13(16)8-9-19-3/h10-13H,4-9,16H2,1-3H3. The molecular formula is C15H27N3O2. The Labute approximate surface area is 121 Å². The number of nitrogens with two attached hydrogens (primary N) is 1. The molecule has 1 aliphatic rings. The Hall–Kier alpha value is -0.940. The van der Waals surface area contributed by atoms with E-state index < -0.39 is 0 Å². The van der Waals surface area contributed by atoms with Crippen molar-refractivity contribution in [2.45, 2.75) is 57.9 Å². The van der Waals surface area contributed by atoms with Crippen LogP contribution in [0.4, 0.5) is 0 Å². The van der Waals surface area contributed by atoms with E-state index >= 15 is 0 Å². The molecule has 1 saturated carbocycles. The van der Waals surface area contributed by atoms with E-state index in [9.17, 15) is 0 Å². The van der Waals surface area contributed by atoms with Gasteiger partial charge < -0.3 is 15.0 Å². The number of hydrogen-bond acceptors (Lipinski definition) is 5. The Morgan fingerprint density at radius 3 is 2.60 bits per heavy atom. The molecule has 5 nitrogen and oxygen atoms in total. The van der Waals surface area contributed by atoms with Crippen LogP contribution in [-0.2, 0) is 4.74 Å². The molecule has 0 radical (unpaired) electrons. The van der Waals surface area contributed by atoms with E-state index in [0.29, 0.717) is 24.8 Å². The summed E-state index contributed by atoms with van der Waals surface area (Å²) >= 11 is 0. The van der Waals surface area contributed by atoms with Crippen molar-refractivity contribution in [3.05, 3.63) is 11.7 Å². The van der Waals surface area contributed by atoms with Crippen molar-refractivity contribution >= 4 is 0 Å². The third kappa shape index (κ3) is 3.79. The van der Waals surface area contributed by atoms with E-state index in [2.05, 4.69) is 24.0 Å². The Balaban J connectivity index is 1.89. The molecule has 1 aromatic heterocycles. The van der Waals surface area contributed by atoms with Crippen LogP contribution in [0.3, 0.4) is 0 Å². The van der Waals surface area contributed by atoms with Crippen molar-refractivity contribution in [1.29, 1.82) is 0 Å². The van der Waals surface area contributed by atoms with Gasteiger partial charge in [0.15, 0.2) is 5.82 Å². The first kappa shape index (κ1) is 15.4. The highest BCUT2D eigenvalue weighted by molar-refractivity contribution is 5.00. The summed E-state index contributed by atoms with van der Waals surface area (Å²) in [6.07, 6.45) is 5.56. The maximum Gasteiger partial charge on any atom is 0.243 e. The lowest BCUT2D eigenvalue weighted by Gasteiger charge is -2.29. The van der Waals surface area contributed by atoms with E-state index in [0.717, 1.165) is 30.5 Å². The van der Waals surface area contributed by atoms with E-state index in [1.54, 1.807) is 7.11 Å². The molecule has 0 saturated heterocycles. The highest BCUT2D eigenvalue weighted by Crippen LogP contribution is 2.37. The van der Waals surface area contributed by atoms with Crippen molar-refractivity contribution in [2.75, 3.05) is 13.7 Å². The number of ether oxygens (including phenoxy) is 1. The van der Waals surface area contributed by atoms with Gasteiger partial charge in [-0.05, 0) is 43.9 Å². The Bertz CT molecular complexity index is 398. The topological polar surface area (TPSA) is 74.2 Å². The Morgan fingerprint density at radius 1 is 1.30 bits per heavy atom. The lowest BCUT2D eigenvalue weighted by molar-refractivity contribution is 0.182. The first-order chi connectivity index (χ1) is 9.61. The van der Waals surface area contributed by atoms with E-state index in [4.69, 9.17) is 15.0 Å². The quantitative estimate of drug-likeness (QED) is 0.867. The second-order valence-electron chi connectivity index (χ2n) is 6.23. The molecule has 0 spiro atoms. The van der Waals surface area contributed by atoms with Gasteiger partial charge >= 0.3 is 0 Å². The lowest BCUT2D eigenvalue weighted by Crippen LogP contribution is -2.18. The molecule has 1 aliphatic carbocycles. The van der Waals surface area contributed by atoms with E-state index in [-0.39, 0.29) is 6.04 Å². The first-order valence-corrected chi connectivity index (χ1v) is 7.69. The van der Waals surface area contributed by atoms with Gasteiger partial charge in [-0.3, -0.25) is 0 Å². The van der Waals surface area contributed by atoms with E-state index in [1.165, 1.54) is 12.8 Å². The van der Waals surface area contributed by atoms with Crippen LogP contribution < -0.4 is 5.73 Å². The van der Waals surface area contributed by atoms with Crippen molar-refractivity contribution in [3.63, 3.8) is 0 Å². The van der Waals surface area contributed by atoms with Gasteiger partial charge in [0, 0.05) is 19.6 Å². The average Bonchev–Trinajstić information content (AvgIpc) is 2.94. The summed E-state index contributed by atoms with van der Waals surface area (Å²) in [6.45, 7) is 5.23. The van der Waals surface area contributed by atoms with Gasteiger partial charge in [0.2, 0.25) is 5.89 Å². The van der Waals surface area contributed by atoms with Crippen LogP contribution in [0.5, 0.6) is 0 Å². The molecule has 0 amide bonds.